The summed E-state index contributed by atoms with van der Waals surface area (Å²) in [5.74, 6) is 1.29. The summed E-state index contributed by atoms with van der Waals surface area (Å²) in [6, 6.07) is 4.64. The number of allylic oxidation sites excluding steroid dienone is 1. The van der Waals surface area contributed by atoms with Gasteiger partial charge in [-0.15, -0.1) is 0 Å². The zero-order chi connectivity index (χ0) is 20.5. The molecule has 0 radical (unpaired) electrons. The summed E-state index contributed by atoms with van der Waals surface area (Å²) in [5.41, 5.74) is 3.12. The van der Waals surface area contributed by atoms with Gasteiger partial charge in [0.05, 0.1) is 30.2 Å². The standard InChI is InChI=1S/C21H24ClFN4O2/c1-4-8-25-10-14(2)20(29-12-16-17(22)6-5-7-18(16)23)19-21(25)27-13-26(28-3)11-15(27)9-24-19/h5-7,9,11H,4,8,10,12-13H2,1-3H3. The van der Waals surface area contributed by atoms with E-state index in [9.17, 15) is 4.39 Å². The van der Waals surface area contributed by atoms with Crippen LogP contribution in [-0.4, -0.2) is 47.9 Å². The van der Waals surface area contributed by atoms with E-state index < -0.39 is 0 Å². The Balaban J connectivity index is 1.67. The number of aliphatic imine (C=N–C) groups is 1. The molecule has 29 heavy (non-hydrogen) atoms. The molecule has 1 aromatic rings. The van der Waals surface area contributed by atoms with E-state index in [0.717, 1.165) is 42.3 Å². The molecule has 3 aliphatic rings. The van der Waals surface area contributed by atoms with Crippen LogP contribution in [-0.2, 0) is 16.2 Å². The number of hydrogen-bond acceptors (Lipinski definition) is 6. The van der Waals surface area contributed by atoms with Crippen LogP contribution in [0, 0.1) is 5.82 Å². The Morgan fingerprint density at radius 1 is 1.31 bits per heavy atom. The summed E-state index contributed by atoms with van der Waals surface area (Å²) in [6.07, 6.45) is 4.73. The molecule has 0 bridgehead atoms. The van der Waals surface area contributed by atoms with Crippen molar-refractivity contribution in [3.8, 4) is 0 Å². The molecule has 1 aromatic carbocycles. The first kappa shape index (κ1) is 19.8. The van der Waals surface area contributed by atoms with E-state index in [1.165, 1.54) is 6.07 Å². The Morgan fingerprint density at radius 2 is 2.14 bits per heavy atom. The normalized spacial score (nSPS) is 18.4. The number of hydroxylamine groups is 2. The first-order valence-corrected chi connectivity index (χ1v) is 10.0. The van der Waals surface area contributed by atoms with Crippen LogP contribution >= 0.6 is 11.6 Å². The van der Waals surface area contributed by atoms with E-state index in [0.29, 0.717) is 23.0 Å². The Morgan fingerprint density at radius 3 is 2.86 bits per heavy atom. The van der Waals surface area contributed by atoms with Crippen LogP contribution in [0.15, 0.2) is 57.9 Å². The molecular weight excluding hydrogens is 395 g/mol. The number of nitrogens with zero attached hydrogens (tertiary/aromatic N) is 4. The summed E-state index contributed by atoms with van der Waals surface area (Å²) < 4.78 is 20.3. The average molecular weight is 419 g/mol. The highest BCUT2D eigenvalue weighted by Gasteiger charge is 2.36. The summed E-state index contributed by atoms with van der Waals surface area (Å²) >= 11 is 6.17. The molecule has 0 N–H and O–H groups in total. The van der Waals surface area contributed by atoms with E-state index in [-0.39, 0.29) is 12.4 Å². The number of ether oxygens (including phenoxy) is 1. The van der Waals surface area contributed by atoms with E-state index in [4.69, 9.17) is 26.2 Å². The van der Waals surface area contributed by atoms with Crippen molar-refractivity contribution in [3.63, 3.8) is 0 Å². The second kappa shape index (κ2) is 8.08. The van der Waals surface area contributed by atoms with Crippen molar-refractivity contribution in [3.05, 3.63) is 69.3 Å². The molecule has 0 spiro atoms. The molecule has 0 saturated carbocycles. The zero-order valence-electron chi connectivity index (χ0n) is 16.8. The molecule has 0 aliphatic carbocycles. The lowest BCUT2D eigenvalue weighted by atomic mass is 10.1. The predicted octanol–water partition coefficient (Wildman–Crippen LogP) is 4.23. The molecule has 0 aromatic heterocycles. The maximum absolute atomic E-state index is 14.2. The molecule has 154 valence electrons. The molecule has 0 unspecified atom stereocenters. The number of fused-ring (bicyclic) bond motifs is 2. The lowest BCUT2D eigenvalue weighted by Gasteiger charge is -2.40. The summed E-state index contributed by atoms with van der Waals surface area (Å²) in [7, 11) is 1.64. The minimum Gasteiger partial charge on any atom is -0.486 e. The van der Waals surface area contributed by atoms with Crippen LogP contribution in [0.2, 0.25) is 5.02 Å². The molecule has 0 amide bonds. The molecule has 0 saturated heterocycles. The van der Waals surface area contributed by atoms with E-state index >= 15 is 0 Å². The Bertz CT molecular complexity index is 920. The van der Waals surface area contributed by atoms with Crippen LogP contribution in [0.4, 0.5) is 4.39 Å². The molecule has 0 fully saturated rings. The largest absolute Gasteiger partial charge is 0.486 e. The predicted molar refractivity (Wildman–Crippen MR) is 110 cm³/mol. The second-order valence-corrected chi connectivity index (χ2v) is 7.58. The fraction of sp³-hybridized carbons (Fsp3) is 0.381. The Kier molecular flexibility index (Phi) is 5.52. The van der Waals surface area contributed by atoms with E-state index in [1.54, 1.807) is 30.5 Å². The first-order valence-electron chi connectivity index (χ1n) is 9.62. The topological polar surface area (TPSA) is 40.5 Å². The van der Waals surface area contributed by atoms with E-state index in [2.05, 4.69) is 16.7 Å². The summed E-state index contributed by atoms with van der Waals surface area (Å²) in [6.45, 7) is 6.42. The fourth-order valence-corrected chi connectivity index (χ4v) is 3.99. The highest BCUT2D eigenvalue weighted by atomic mass is 35.5. The van der Waals surface area contributed by atoms with Gasteiger partial charge in [-0.2, -0.15) is 0 Å². The summed E-state index contributed by atoms with van der Waals surface area (Å²) in [4.78, 5) is 14.5. The van der Waals surface area contributed by atoms with Crippen LogP contribution in [0.1, 0.15) is 25.8 Å². The quantitative estimate of drug-likeness (QED) is 0.691. The van der Waals surface area contributed by atoms with Gasteiger partial charge in [0.1, 0.15) is 36.4 Å². The monoisotopic (exact) mass is 418 g/mol. The molecule has 0 atom stereocenters. The SMILES string of the molecule is CCCN1CC(C)=C(OCc2c(F)cccc2Cl)C2=C1N1CN(OC)C=C1C=N2. The minimum absolute atomic E-state index is 0.0468. The Labute approximate surface area is 175 Å². The van der Waals surface area contributed by atoms with Crippen molar-refractivity contribution in [2.45, 2.75) is 26.9 Å². The molecular formula is C21H24ClFN4O2. The molecule has 4 rings (SSSR count). The van der Waals surface area contributed by atoms with Crippen molar-refractivity contribution in [1.29, 1.82) is 0 Å². The smallest absolute Gasteiger partial charge is 0.149 e. The molecule has 3 aliphatic heterocycles. The average Bonchev–Trinajstić information content (AvgIpc) is 3.12. The third-order valence-corrected chi connectivity index (χ3v) is 5.50. The molecule has 3 heterocycles. The van der Waals surface area contributed by atoms with Gasteiger partial charge in [0.25, 0.3) is 0 Å². The van der Waals surface area contributed by atoms with Crippen LogP contribution in [0.3, 0.4) is 0 Å². The maximum Gasteiger partial charge on any atom is 0.149 e. The van der Waals surface area contributed by atoms with Crippen LogP contribution in [0.25, 0.3) is 0 Å². The third-order valence-electron chi connectivity index (χ3n) is 5.14. The van der Waals surface area contributed by atoms with Crippen molar-refractivity contribution in [2.24, 2.45) is 4.99 Å². The number of benzene rings is 1. The second-order valence-electron chi connectivity index (χ2n) is 7.17. The minimum atomic E-state index is -0.374. The third kappa shape index (κ3) is 3.60. The van der Waals surface area contributed by atoms with Gasteiger partial charge in [-0.3, -0.25) is 4.84 Å². The van der Waals surface area contributed by atoms with Gasteiger partial charge < -0.3 is 14.5 Å². The molecule has 6 nitrogen and oxygen atoms in total. The van der Waals surface area contributed by atoms with Crippen molar-refractivity contribution in [2.75, 3.05) is 26.9 Å². The van der Waals surface area contributed by atoms with Crippen LogP contribution in [0.5, 0.6) is 0 Å². The first-order chi connectivity index (χ1) is 14.0. The highest BCUT2D eigenvalue weighted by molar-refractivity contribution is 6.31. The van der Waals surface area contributed by atoms with Gasteiger partial charge in [0.2, 0.25) is 0 Å². The fourth-order valence-electron chi connectivity index (χ4n) is 3.77. The maximum atomic E-state index is 14.2. The van der Waals surface area contributed by atoms with Crippen molar-refractivity contribution < 1.29 is 14.0 Å². The number of hydrogen-bond donors (Lipinski definition) is 0. The van der Waals surface area contributed by atoms with Gasteiger partial charge in [-0.1, -0.05) is 24.6 Å². The molecule has 8 heteroatoms. The lowest BCUT2D eigenvalue weighted by Crippen LogP contribution is -2.42. The van der Waals surface area contributed by atoms with Crippen LogP contribution < -0.4 is 0 Å². The van der Waals surface area contributed by atoms with Gasteiger partial charge >= 0.3 is 0 Å². The lowest BCUT2D eigenvalue weighted by molar-refractivity contribution is -0.0972. The van der Waals surface area contributed by atoms with Gasteiger partial charge in [0, 0.05) is 18.7 Å². The van der Waals surface area contributed by atoms with Crippen molar-refractivity contribution >= 4 is 17.8 Å². The zero-order valence-corrected chi connectivity index (χ0v) is 17.5. The number of rotatable bonds is 6. The van der Waals surface area contributed by atoms with E-state index in [1.807, 2.05) is 13.1 Å². The van der Waals surface area contributed by atoms with Gasteiger partial charge in [-0.05, 0) is 31.1 Å². The Hall–Kier alpha value is -2.51. The van der Waals surface area contributed by atoms with Crippen molar-refractivity contribution in [1.82, 2.24) is 14.9 Å². The van der Waals surface area contributed by atoms with Gasteiger partial charge in [-0.25, -0.2) is 14.4 Å². The number of halogens is 2. The van der Waals surface area contributed by atoms with Gasteiger partial charge in [0.15, 0.2) is 0 Å². The summed E-state index contributed by atoms with van der Waals surface area (Å²) in [5, 5.41) is 2.11. The highest BCUT2D eigenvalue weighted by Crippen LogP contribution is 2.38.